The molecule has 0 spiro atoms. The SMILES string of the molecule is C=C(C(=O)OC)[C@H]1[C@@H](O)[C@H]2[C@@](O)(CO)CCC(=O)[C@@]2(C)C[C@H]1O. The maximum atomic E-state index is 12.4. The van der Waals surface area contributed by atoms with Crippen molar-refractivity contribution in [2.75, 3.05) is 13.7 Å². The van der Waals surface area contributed by atoms with E-state index in [0.717, 1.165) is 7.11 Å². The Morgan fingerprint density at radius 2 is 2.04 bits per heavy atom. The number of aliphatic hydroxyl groups excluding tert-OH is 3. The third-order valence-electron chi connectivity index (χ3n) is 5.57. The molecule has 0 aromatic rings. The zero-order valence-electron chi connectivity index (χ0n) is 13.4. The van der Waals surface area contributed by atoms with Gasteiger partial charge < -0.3 is 25.2 Å². The number of carbonyl (C=O) groups excluding carboxylic acids is 2. The summed E-state index contributed by atoms with van der Waals surface area (Å²) in [4.78, 5) is 24.1. The van der Waals surface area contributed by atoms with Gasteiger partial charge in [-0.05, 0) is 12.8 Å². The Hall–Kier alpha value is -1.28. The second-order valence-electron chi connectivity index (χ2n) is 6.88. The first kappa shape index (κ1) is 18.1. The molecule has 2 rings (SSSR count). The summed E-state index contributed by atoms with van der Waals surface area (Å²) >= 11 is 0. The van der Waals surface area contributed by atoms with E-state index in [4.69, 9.17) is 0 Å². The number of aliphatic hydroxyl groups is 4. The van der Waals surface area contributed by atoms with Crippen molar-refractivity contribution in [3.05, 3.63) is 12.2 Å². The second kappa shape index (κ2) is 5.98. The minimum absolute atomic E-state index is 0.0210. The fraction of sp³-hybridized carbons (Fsp3) is 0.750. The summed E-state index contributed by atoms with van der Waals surface area (Å²) in [5.41, 5.74) is -2.95. The number of Topliss-reactive ketones (excluding diaryl/α,β-unsaturated/α-hetero) is 1. The van der Waals surface area contributed by atoms with Gasteiger partial charge in [-0.2, -0.15) is 0 Å². The first-order valence-electron chi connectivity index (χ1n) is 7.62. The van der Waals surface area contributed by atoms with Crippen molar-refractivity contribution in [1.29, 1.82) is 0 Å². The summed E-state index contributed by atoms with van der Waals surface area (Å²) in [7, 11) is 1.16. The molecule has 23 heavy (non-hydrogen) atoms. The topological polar surface area (TPSA) is 124 Å². The van der Waals surface area contributed by atoms with Gasteiger partial charge in [0.1, 0.15) is 5.78 Å². The van der Waals surface area contributed by atoms with Gasteiger partial charge in [-0.1, -0.05) is 13.5 Å². The first-order valence-corrected chi connectivity index (χ1v) is 7.62. The van der Waals surface area contributed by atoms with E-state index >= 15 is 0 Å². The van der Waals surface area contributed by atoms with Crippen LogP contribution in [0.3, 0.4) is 0 Å². The van der Waals surface area contributed by atoms with Crippen LogP contribution in [0.2, 0.25) is 0 Å². The van der Waals surface area contributed by atoms with Crippen LogP contribution in [0.15, 0.2) is 12.2 Å². The van der Waals surface area contributed by atoms with E-state index in [2.05, 4.69) is 11.3 Å². The van der Waals surface area contributed by atoms with E-state index in [1.165, 1.54) is 0 Å². The maximum Gasteiger partial charge on any atom is 0.333 e. The summed E-state index contributed by atoms with van der Waals surface area (Å²) in [6.07, 6.45) is -2.53. The molecule has 0 aromatic carbocycles. The van der Waals surface area contributed by atoms with Crippen LogP contribution in [0.5, 0.6) is 0 Å². The van der Waals surface area contributed by atoms with Crippen molar-refractivity contribution in [2.24, 2.45) is 17.3 Å². The molecule has 0 heterocycles. The Bertz CT molecular complexity index is 531. The number of esters is 1. The van der Waals surface area contributed by atoms with Gasteiger partial charge in [0.15, 0.2) is 0 Å². The lowest BCUT2D eigenvalue weighted by atomic mass is 9.50. The maximum absolute atomic E-state index is 12.4. The van der Waals surface area contributed by atoms with Crippen molar-refractivity contribution in [2.45, 2.75) is 44.0 Å². The Morgan fingerprint density at radius 1 is 1.43 bits per heavy atom. The number of hydrogen-bond donors (Lipinski definition) is 4. The fourth-order valence-corrected chi connectivity index (χ4v) is 4.35. The van der Waals surface area contributed by atoms with Crippen LogP contribution in [-0.4, -0.2) is 63.7 Å². The van der Waals surface area contributed by atoms with Crippen LogP contribution in [-0.2, 0) is 14.3 Å². The van der Waals surface area contributed by atoms with Crippen LogP contribution in [0.1, 0.15) is 26.2 Å². The lowest BCUT2D eigenvalue weighted by molar-refractivity contribution is -0.213. The van der Waals surface area contributed by atoms with E-state index in [-0.39, 0.29) is 30.6 Å². The predicted molar refractivity (Wildman–Crippen MR) is 79.2 cm³/mol. The number of rotatable bonds is 3. The van der Waals surface area contributed by atoms with Gasteiger partial charge in [-0.15, -0.1) is 0 Å². The van der Waals surface area contributed by atoms with E-state index in [1.54, 1.807) is 6.92 Å². The van der Waals surface area contributed by atoms with E-state index in [1.807, 2.05) is 0 Å². The number of methoxy groups -OCH3 is 1. The van der Waals surface area contributed by atoms with Crippen LogP contribution >= 0.6 is 0 Å². The van der Waals surface area contributed by atoms with Gasteiger partial charge in [-0.3, -0.25) is 4.79 Å². The smallest absolute Gasteiger partial charge is 0.333 e. The normalized spacial score (nSPS) is 43.7. The molecule has 7 nitrogen and oxygen atoms in total. The highest BCUT2D eigenvalue weighted by atomic mass is 16.5. The minimum atomic E-state index is -1.66. The van der Waals surface area contributed by atoms with E-state index < -0.39 is 47.6 Å². The van der Waals surface area contributed by atoms with Crippen LogP contribution in [0.25, 0.3) is 0 Å². The van der Waals surface area contributed by atoms with Crippen molar-refractivity contribution >= 4 is 11.8 Å². The molecule has 0 saturated heterocycles. The Labute approximate surface area is 134 Å². The molecule has 2 aliphatic rings. The predicted octanol–water partition coefficient (Wildman–Crippen LogP) is -0.834. The molecule has 2 fully saturated rings. The summed E-state index contributed by atoms with van der Waals surface area (Å²) in [6, 6.07) is 0. The molecule has 0 aromatic heterocycles. The Morgan fingerprint density at radius 3 is 2.57 bits per heavy atom. The summed E-state index contributed by atoms with van der Waals surface area (Å²) in [5, 5.41) is 41.5. The van der Waals surface area contributed by atoms with Gasteiger partial charge in [0.25, 0.3) is 0 Å². The van der Waals surface area contributed by atoms with E-state index in [0.29, 0.717) is 0 Å². The van der Waals surface area contributed by atoms with Crippen LogP contribution in [0.4, 0.5) is 0 Å². The molecular formula is C16H24O7. The van der Waals surface area contributed by atoms with Crippen molar-refractivity contribution in [3.63, 3.8) is 0 Å². The highest BCUT2D eigenvalue weighted by Crippen LogP contribution is 2.54. The monoisotopic (exact) mass is 328 g/mol. The lowest BCUT2D eigenvalue weighted by Gasteiger charge is -2.56. The molecule has 0 aliphatic heterocycles. The van der Waals surface area contributed by atoms with Crippen molar-refractivity contribution in [3.8, 4) is 0 Å². The molecule has 0 bridgehead atoms. The summed E-state index contributed by atoms with van der Waals surface area (Å²) in [5.74, 6) is -3.02. The zero-order valence-corrected chi connectivity index (χ0v) is 13.4. The molecule has 6 atom stereocenters. The van der Waals surface area contributed by atoms with Gasteiger partial charge in [-0.25, -0.2) is 4.79 Å². The number of hydrogen-bond acceptors (Lipinski definition) is 7. The molecular weight excluding hydrogens is 304 g/mol. The van der Waals surface area contributed by atoms with Crippen LogP contribution in [0, 0.1) is 17.3 Å². The second-order valence-corrected chi connectivity index (χ2v) is 6.88. The van der Waals surface area contributed by atoms with Crippen molar-refractivity contribution < 1.29 is 34.8 Å². The third-order valence-corrected chi connectivity index (χ3v) is 5.57. The average Bonchev–Trinajstić information content (AvgIpc) is 2.49. The molecule has 7 heteroatoms. The highest BCUT2D eigenvalue weighted by molar-refractivity contribution is 5.89. The summed E-state index contributed by atoms with van der Waals surface area (Å²) < 4.78 is 4.58. The van der Waals surface area contributed by atoms with Gasteiger partial charge >= 0.3 is 5.97 Å². The standard InChI is InChI=1S/C16H24O7/c1-8(14(21)23-3)11-9(18)6-15(2)10(19)4-5-16(22,7-17)13(15)12(11)20/h9,11-13,17-18,20,22H,1,4-7H2,2-3H3/t9-,11-,12-,13-,15-,16+/m1/s1. The van der Waals surface area contributed by atoms with Crippen LogP contribution < -0.4 is 0 Å². The molecule has 2 saturated carbocycles. The minimum Gasteiger partial charge on any atom is -0.466 e. The zero-order chi connectivity index (χ0) is 17.6. The van der Waals surface area contributed by atoms with Gasteiger partial charge in [0.2, 0.25) is 0 Å². The number of fused-ring (bicyclic) bond motifs is 1. The van der Waals surface area contributed by atoms with Crippen molar-refractivity contribution in [1.82, 2.24) is 0 Å². The first-order chi connectivity index (χ1) is 10.6. The largest absolute Gasteiger partial charge is 0.466 e. The molecule has 4 N–H and O–H groups in total. The third kappa shape index (κ3) is 2.61. The number of ether oxygens (including phenoxy) is 1. The molecule has 0 unspecified atom stereocenters. The van der Waals surface area contributed by atoms with E-state index in [9.17, 15) is 30.0 Å². The molecule has 0 amide bonds. The Kier molecular flexibility index (Phi) is 4.69. The fourth-order valence-electron chi connectivity index (χ4n) is 4.35. The lowest BCUT2D eigenvalue weighted by Crippen LogP contribution is -2.66. The Balaban J connectivity index is 2.47. The molecule has 130 valence electrons. The quantitative estimate of drug-likeness (QED) is 0.393. The molecule has 0 radical (unpaired) electrons. The molecule has 2 aliphatic carbocycles. The number of carbonyl (C=O) groups is 2. The van der Waals surface area contributed by atoms with Gasteiger partial charge in [0, 0.05) is 29.2 Å². The van der Waals surface area contributed by atoms with Gasteiger partial charge in [0.05, 0.1) is 31.5 Å². The average molecular weight is 328 g/mol. The summed E-state index contributed by atoms with van der Waals surface area (Å²) in [6.45, 7) is 4.53. The highest BCUT2D eigenvalue weighted by Gasteiger charge is 2.63. The number of ketones is 1.